The van der Waals surface area contributed by atoms with Crippen LogP contribution in [0.4, 0.5) is 0 Å². The van der Waals surface area contributed by atoms with Crippen molar-refractivity contribution in [2.75, 3.05) is 0 Å². The van der Waals surface area contributed by atoms with Gasteiger partial charge < -0.3 is 5.73 Å². The van der Waals surface area contributed by atoms with E-state index >= 15 is 0 Å². The van der Waals surface area contributed by atoms with Gasteiger partial charge in [0.1, 0.15) is 0 Å². The standard InChI is InChI=1S/C30H50N2O2/c1-25(2)21-10-13-30(7)22(28(21,5)12-11-23(25)31)9-8-19-20-18-27(4,24(33)32-34)15-14-26(20,3)16-17-29(19,30)6/h8,20-23,34H,9-18,31H2,1-7H3,(H,32,33)/t20-,21?,22+,23-,26+,27-,28-,29+,30+/m0/s1. The molecule has 0 bridgehead atoms. The smallest absolute Gasteiger partial charge is 0.249 e. The van der Waals surface area contributed by atoms with Crippen molar-refractivity contribution in [3.8, 4) is 0 Å². The van der Waals surface area contributed by atoms with Crippen LogP contribution in [0.1, 0.15) is 113 Å². The molecule has 9 atom stereocenters. The van der Waals surface area contributed by atoms with Crippen LogP contribution in [0, 0.1) is 50.2 Å². The molecule has 4 heteroatoms. The van der Waals surface area contributed by atoms with E-state index in [9.17, 15) is 10.0 Å². The first kappa shape index (κ1) is 24.8. The highest BCUT2D eigenvalue weighted by Gasteiger charge is 2.68. The predicted octanol–water partition coefficient (Wildman–Crippen LogP) is 6.62. The Morgan fingerprint density at radius 2 is 1.62 bits per heavy atom. The van der Waals surface area contributed by atoms with Crippen LogP contribution in [0.25, 0.3) is 0 Å². The van der Waals surface area contributed by atoms with E-state index in [0.717, 1.165) is 25.7 Å². The second kappa shape index (κ2) is 7.34. The summed E-state index contributed by atoms with van der Waals surface area (Å²) < 4.78 is 0. The number of carbonyl (C=O) groups is 1. The average molecular weight is 471 g/mol. The normalized spacial score (nSPS) is 54.0. The molecule has 0 heterocycles. The summed E-state index contributed by atoms with van der Waals surface area (Å²) in [6.07, 6.45) is 14.1. The molecule has 1 unspecified atom stereocenters. The summed E-state index contributed by atoms with van der Waals surface area (Å²) in [6.45, 7) is 17.3. The number of hydrogen-bond donors (Lipinski definition) is 3. The topological polar surface area (TPSA) is 75.3 Å². The Labute approximate surface area is 207 Å². The largest absolute Gasteiger partial charge is 0.327 e. The zero-order chi connectivity index (χ0) is 24.9. The quantitative estimate of drug-likeness (QED) is 0.229. The van der Waals surface area contributed by atoms with E-state index in [2.05, 4.69) is 54.5 Å². The monoisotopic (exact) mass is 470 g/mol. The van der Waals surface area contributed by atoms with Crippen LogP contribution in [0.2, 0.25) is 0 Å². The van der Waals surface area contributed by atoms with Gasteiger partial charge in [-0.05, 0) is 109 Å². The van der Waals surface area contributed by atoms with Crippen LogP contribution in [0.15, 0.2) is 11.6 Å². The van der Waals surface area contributed by atoms with Crippen molar-refractivity contribution in [2.24, 2.45) is 56.0 Å². The van der Waals surface area contributed by atoms with E-state index < -0.39 is 5.41 Å². The van der Waals surface area contributed by atoms with E-state index in [4.69, 9.17) is 5.73 Å². The van der Waals surface area contributed by atoms with Crippen LogP contribution < -0.4 is 11.2 Å². The Bertz CT molecular complexity index is 911. The summed E-state index contributed by atoms with van der Waals surface area (Å²) in [4.78, 5) is 12.7. The molecule has 0 spiro atoms. The highest BCUT2D eigenvalue weighted by molar-refractivity contribution is 5.81. The molecule has 0 saturated heterocycles. The van der Waals surface area contributed by atoms with Gasteiger partial charge in [0.05, 0.1) is 0 Å². The molecule has 192 valence electrons. The first-order valence-corrected chi connectivity index (χ1v) is 14.1. The molecule has 4 nitrogen and oxygen atoms in total. The number of carbonyl (C=O) groups excluding carboxylic acids is 1. The van der Waals surface area contributed by atoms with E-state index in [0.29, 0.717) is 29.2 Å². The van der Waals surface area contributed by atoms with Gasteiger partial charge in [0, 0.05) is 11.5 Å². The Hall–Kier alpha value is -0.870. The Morgan fingerprint density at radius 3 is 2.29 bits per heavy atom. The molecule has 0 aromatic carbocycles. The van der Waals surface area contributed by atoms with E-state index in [1.807, 2.05) is 5.48 Å². The highest BCUT2D eigenvalue weighted by atomic mass is 16.5. The molecule has 0 aromatic rings. The summed E-state index contributed by atoms with van der Waals surface area (Å²) in [7, 11) is 0. The molecule has 5 aliphatic carbocycles. The number of hydroxylamine groups is 1. The number of allylic oxidation sites excluding steroid dienone is 2. The van der Waals surface area contributed by atoms with Crippen molar-refractivity contribution in [1.29, 1.82) is 0 Å². The minimum atomic E-state index is -0.483. The van der Waals surface area contributed by atoms with Crippen LogP contribution in [-0.4, -0.2) is 17.2 Å². The van der Waals surface area contributed by atoms with Gasteiger partial charge in [0.25, 0.3) is 0 Å². The molecule has 1 amide bonds. The summed E-state index contributed by atoms with van der Waals surface area (Å²) in [5, 5.41) is 9.47. The van der Waals surface area contributed by atoms with Crippen LogP contribution in [0.3, 0.4) is 0 Å². The second-order valence-electron chi connectivity index (χ2n) is 15.2. The van der Waals surface area contributed by atoms with E-state index in [1.54, 1.807) is 5.57 Å². The van der Waals surface area contributed by atoms with Gasteiger partial charge in [0.2, 0.25) is 5.91 Å². The van der Waals surface area contributed by atoms with Crippen molar-refractivity contribution in [3.63, 3.8) is 0 Å². The lowest BCUT2D eigenvalue weighted by molar-refractivity contribution is -0.184. The SMILES string of the molecule is CC1(C)C2CC[C@]3(C)[C@H](CC=C4[C@@H]5C[C@@](C)(C(=O)NO)CC[C@]5(C)CC[C@]43C)[C@@]2(C)CC[C@@H]1N. The Morgan fingerprint density at radius 1 is 0.941 bits per heavy atom. The van der Waals surface area contributed by atoms with Crippen molar-refractivity contribution in [1.82, 2.24) is 5.48 Å². The van der Waals surface area contributed by atoms with Gasteiger partial charge in [-0.2, -0.15) is 0 Å². The zero-order valence-electron chi connectivity index (χ0n) is 22.9. The lowest BCUT2D eigenvalue weighted by atomic mass is 9.33. The molecular weight excluding hydrogens is 420 g/mol. The van der Waals surface area contributed by atoms with Crippen molar-refractivity contribution >= 4 is 5.91 Å². The summed E-state index contributed by atoms with van der Waals surface area (Å²) in [5.74, 6) is 1.62. The molecule has 5 rings (SSSR count). The first-order valence-electron chi connectivity index (χ1n) is 14.1. The number of nitrogens with one attached hydrogen (secondary N) is 1. The fourth-order valence-electron chi connectivity index (χ4n) is 10.7. The van der Waals surface area contributed by atoms with Gasteiger partial charge in [0.15, 0.2) is 0 Å². The second-order valence-corrected chi connectivity index (χ2v) is 15.2. The lowest BCUT2D eigenvalue weighted by Gasteiger charge is -2.71. The van der Waals surface area contributed by atoms with Crippen molar-refractivity contribution < 1.29 is 10.0 Å². The number of rotatable bonds is 1. The summed E-state index contributed by atoms with van der Waals surface area (Å²) >= 11 is 0. The van der Waals surface area contributed by atoms with Crippen LogP contribution in [-0.2, 0) is 4.79 Å². The zero-order valence-corrected chi connectivity index (χ0v) is 22.9. The van der Waals surface area contributed by atoms with Gasteiger partial charge in [-0.15, -0.1) is 0 Å². The third-order valence-electron chi connectivity index (χ3n) is 13.6. The highest BCUT2D eigenvalue weighted by Crippen LogP contribution is 2.75. The van der Waals surface area contributed by atoms with Crippen LogP contribution in [0.5, 0.6) is 0 Å². The molecule has 0 aromatic heterocycles. The Balaban J connectivity index is 1.56. The fraction of sp³-hybridized carbons (Fsp3) is 0.900. The van der Waals surface area contributed by atoms with Gasteiger partial charge in [-0.25, -0.2) is 5.48 Å². The number of fused-ring (bicyclic) bond motifs is 7. The summed E-state index contributed by atoms with van der Waals surface area (Å²) in [6, 6.07) is 0.313. The molecule has 4 saturated carbocycles. The molecule has 4 fully saturated rings. The van der Waals surface area contributed by atoms with E-state index in [-0.39, 0.29) is 27.6 Å². The Kier molecular flexibility index (Phi) is 5.36. The minimum Gasteiger partial charge on any atom is -0.327 e. The third kappa shape index (κ3) is 2.93. The number of nitrogens with two attached hydrogens (primary N) is 1. The maximum absolute atomic E-state index is 12.7. The predicted molar refractivity (Wildman–Crippen MR) is 137 cm³/mol. The molecule has 0 aliphatic heterocycles. The van der Waals surface area contributed by atoms with Gasteiger partial charge >= 0.3 is 0 Å². The molecular formula is C30H50N2O2. The van der Waals surface area contributed by atoms with Crippen molar-refractivity contribution in [2.45, 2.75) is 119 Å². The van der Waals surface area contributed by atoms with E-state index in [1.165, 1.54) is 38.5 Å². The summed E-state index contributed by atoms with van der Waals surface area (Å²) in [5.41, 5.74) is 11.2. The number of amides is 1. The third-order valence-corrected chi connectivity index (χ3v) is 13.6. The minimum absolute atomic E-state index is 0.186. The van der Waals surface area contributed by atoms with Gasteiger partial charge in [-0.3, -0.25) is 10.0 Å². The van der Waals surface area contributed by atoms with Crippen LogP contribution >= 0.6 is 0 Å². The lowest BCUT2D eigenvalue weighted by Crippen LogP contribution is -2.65. The first-order chi connectivity index (χ1) is 15.7. The number of hydrogen-bond acceptors (Lipinski definition) is 3. The maximum atomic E-state index is 12.7. The fourth-order valence-corrected chi connectivity index (χ4v) is 10.7. The molecule has 4 N–H and O–H groups in total. The molecule has 5 aliphatic rings. The van der Waals surface area contributed by atoms with Gasteiger partial charge in [-0.1, -0.05) is 60.1 Å². The molecule has 0 radical (unpaired) electrons. The average Bonchev–Trinajstić information content (AvgIpc) is 2.77. The van der Waals surface area contributed by atoms with Crippen molar-refractivity contribution in [3.05, 3.63) is 11.6 Å². The maximum Gasteiger partial charge on any atom is 0.249 e. The molecule has 34 heavy (non-hydrogen) atoms.